The maximum atomic E-state index is 14.1. The summed E-state index contributed by atoms with van der Waals surface area (Å²) in [4.78, 5) is 1.72. The molecule has 1 aliphatic carbocycles. The summed E-state index contributed by atoms with van der Waals surface area (Å²) in [6, 6.07) is 2.62. The number of halogens is 2. The fourth-order valence-electron chi connectivity index (χ4n) is 2.70. The number of nitrogens with zero attached hydrogens (tertiary/aromatic N) is 1. The first-order chi connectivity index (χ1) is 9.00. The van der Waals surface area contributed by atoms with E-state index in [9.17, 15) is 8.78 Å². The van der Waals surface area contributed by atoms with Gasteiger partial charge in [0.2, 0.25) is 0 Å². The van der Waals surface area contributed by atoms with Crippen molar-refractivity contribution in [2.75, 3.05) is 11.9 Å². The van der Waals surface area contributed by atoms with Gasteiger partial charge in [-0.15, -0.1) is 0 Å². The maximum absolute atomic E-state index is 14.1. The third kappa shape index (κ3) is 3.03. The number of benzene rings is 1. The molecule has 104 valence electrons. The lowest BCUT2D eigenvalue weighted by Gasteiger charge is -2.33. The topological polar surface area (TPSA) is 29.3 Å². The van der Waals surface area contributed by atoms with Gasteiger partial charge in [-0.1, -0.05) is 31.5 Å². The minimum absolute atomic E-state index is 0.00432. The Labute approximate surface area is 117 Å². The standard InChI is InChI=1S/C14H18F2N2S/c1-18(10-5-3-2-4-6-10)13-11(15)7-9(14(17)19)8-12(13)16/h7-8,10H,2-6H2,1H3,(H2,17,19). The summed E-state index contributed by atoms with van der Waals surface area (Å²) in [5.41, 5.74) is 5.65. The fourth-order valence-corrected chi connectivity index (χ4v) is 2.81. The summed E-state index contributed by atoms with van der Waals surface area (Å²) in [5.74, 6) is -1.20. The molecule has 0 radical (unpaired) electrons. The molecule has 5 heteroatoms. The van der Waals surface area contributed by atoms with Crippen LogP contribution in [0.4, 0.5) is 14.5 Å². The lowest BCUT2D eigenvalue weighted by molar-refractivity contribution is 0.420. The molecule has 0 unspecified atom stereocenters. The van der Waals surface area contributed by atoms with Gasteiger partial charge in [0.1, 0.15) is 22.3 Å². The van der Waals surface area contributed by atoms with E-state index in [4.69, 9.17) is 18.0 Å². The van der Waals surface area contributed by atoms with Crippen molar-refractivity contribution in [2.45, 2.75) is 38.1 Å². The molecular formula is C14H18F2N2S. The van der Waals surface area contributed by atoms with Crippen LogP contribution in [0.1, 0.15) is 37.7 Å². The van der Waals surface area contributed by atoms with E-state index < -0.39 is 11.6 Å². The minimum Gasteiger partial charge on any atom is -0.389 e. The average Bonchev–Trinajstić information content (AvgIpc) is 2.38. The predicted molar refractivity (Wildman–Crippen MR) is 77.5 cm³/mol. The lowest BCUT2D eigenvalue weighted by atomic mass is 9.94. The van der Waals surface area contributed by atoms with E-state index in [2.05, 4.69) is 0 Å². The smallest absolute Gasteiger partial charge is 0.150 e. The number of thiocarbonyl (C=S) groups is 1. The Morgan fingerprint density at radius 3 is 2.21 bits per heavy atom. The first kappa shape index (κ1) is 14.2. The van der Waals surface area contributed by atoms with Crippen LogP contribution < -0.4 is 10.6 Å². The molecule has 0 atom stereocenters. The second-order valence-corrected chi connectivity index (χ2v) is 5.50. The van der Waals surface area contributed by atoms with Crippen LogP contribution in [0.5, 0.6) is 0 Å². The highest BCUT2D eigenvalue weighted by molar-refractivity contribution is 7.80. The highest BCUT2D eigenvalue weighted by Crippen LogP contribution is 2.30. The van der Waals surface area contributed by atoms with Crippen molar-refractivity contribution in [2.24, 2.45) is 5.73 Å². The molecule has 0 bridgehead atoms. The van der Waals surface area contributed by atoms with Gasteiger partial charge in [-0.05, 0) is 25.0 Å². The van der Waals surface area contributed by atoms with Gasteiger partial charge < -0.3 is 10.6 Å². The molecule has 1 fully saturated rings. The third-order valence-electron chi connectivity index (χ3n) is 3.78. The first-order valence-electron chi connectivity index (χ1n) is 6.52. The van der Waals surface area contributed by atoms with Crippen LogP contribution in [0, 0.1) is 11.6 Å². The fraction of sp³-hybridized carbons (Fsp3) is 0.500. The molecule has 2 N–H and O–H groups in total. The quantitative estimate of drug-likeness (QED) is 0.863. The number of rotatable bonds is 3. The van der Waals surface area contributed by atoms with Gasteiger partial charge in [0, 0.05) is 18.7 Å². The molecule has 0 saturated heterocycles. The van der Waals surface area contributed by atoms with E-state index in [1.165, 1.54) is 18.6 Å². The van der Waals surface area contributed by atoms with Gasteiger partial charge in [0.15, 0.2) is 0 Å². The van der Waals surface area contributed by atoms with Gasteiger partial charge in [-0.25, -0.2) is 8.78 Å². The molecule has 0 aromatic heterocycles. The monoisotopic (exact) mass is 284 g/mol. The van der Waals surface area contributed by atoms with E-state index in [1.54, 1.807) is 11.9 Å². The van der Waals surface area contributed by atoms with Crippen molar-refractivity contribution in [3.05, 3.63) is 29.3 Å². The van der Waals surface area contributed by atoms with Crippen molar-refractivity contribution in [1.82, 2.24) is 0 Å². The highest BCUT2D eigenvalue weighted by Gasteiger charge is 2.23. The van der Waals surface area contributed by atoms with Crippen molar-refractivity contribution in [3.8, 4) is 0 Å². The van der Waals surface area contributed by atoms with Crippen LogP contribution in [-0.4, -0.2) is 18.1 Å². The second kappa shape index (κ2) is 5.82. The van der Waals surface area contributed by atoms with E-state index in [0.717, 1.165) is 25.7 Å². The molecule has 1 aromatic rings. The Balaban J connectivity index is 2.30. The molecule has 0 spiro atoms. The summed E-state index contributed by atoms with van der Waals surface area (Å²) < 4.78 is 28.2. The van der Waals surface area contributed by atoms with Crippen molar-refractivity contribution in [1.29, 1.82) is 0 Å². The second-order valence-electron chi connectivity index (χ2n) is 5.06. The SMILES string of the molecule is CN(c1c(F)cc(C(N)=S)cc1F)C1CCCCC1. The Hall–Kier alpha value is -1.23. The molecule has 1 saturated carbocycles. The Morgan fingerprint density at radius 1 is 1.21 bits per heavy atom. The van der Waals surface area contributed by atoms with E-state index in [1.807, 2.05) is 0 Å². The summed E-state index contributed by atoms with van der Waals surface area (Å²) in [7, 11) is 1.75. The zero-order valence-corrected chi connectivity index (χ0v) is 11.8. The normalized spacial score (nSPS) is 16.4. The number of hydrogen-bond acceptors (Lipinski definition) is 2. The Kier molecular flexibility index (Phi) is 4.34. The van der Waals surface area contributed by atoms with Crippen LogP contribution in [0.2, 0.25) is 0 Å². The largest absolute Gasteiger partial charge is 0.389 e. The Morgan fingerprint density at radius 2 is 1.74 bits per heavy atom. The number of nitrogens with two attached hydrogens (primary N) is 1. The van der Waals surface area contributed by atoms with Crippen molar-refractivity contribution >= 4 is 22.9 Å². The molecule has 0 heterocycles. The lowest BCUT2D eigenvalue weighted by Crippen LogP contribution is -2.34. The zero-order chi connectivity index (χ0) is 14.0. The number of anilines is 1. The molecule has 0 amide bonds. The van der Waals surface area contributed by atoms with Gasteiger partial charge in [-0.2, -0.15) is 0 Å². The van der Waals surface area contributed by atoms with Gasteiger partial charge in [0.25, 0.3) is 0 Å². The molecule has 1 aromatic carbocycles. The molecular weight excluding hydrogens is 266 g/mol. The van der Waals surface area contributed by atoms with Gasteiger partial charge in [-0.3, -0.25) is 0 Å². The zero-order valence-electron chi connectivity index (χ0n) is 11.0. The number of hydrogen-bond donors (Lipinski definition) is 1. The van der Waals surface area contributed by atoms with E-state index >= 15 is 0 Å². The summed E-state index contributed by atoms with van der Waals surface area (Å²) in [6.07, 6.45) is 5.39. The minimum atomic E-state index is -0.601. The van der Waals surface area contributed by atoms with Crippen LogP contribution in [-0.2, 0) is 0 Å². The van der Waals surface area contributed by atoms with Crippen LogP contribution in [0.25, 0.3) is 0 Å². The predicted octanol–water partition coefficient (Wildman–Crippen LogP) is 3.37. The third-order valence-corrected chi connectivity index (χ3v) is 4.01. The van der Waals surface area contributed by atoms with E-state index in [-0.39, 0.29) is 22.3 Å². The maximum Gasteiger partial charge on any atom is 0.150 e. The molecule has 2 rings (SSSR count). The van der Waals surface area contributed by atoms with Gasteiger partial charge in [0.05, 0.1) is 0 Å². The first-order valence-corrected chi connectivity index (χ1v) is 6.93. The molecule has 2 nitrogen and oxygen atoms in total. The summed E-state index contributed by atoms with van der Waals surface area (Å²) >= 11 is 4.75. The highest BCUT2D eigenvalue weighted by atomic mass is 32.1. The average molecular weight is 284 g/mol. The molecule has 19 heavy (non-hydrogen) atoms. The van der Waals surface area contributed by atoms with E-state index in [0.29, 0.717) is 0 Å². The van der Waals surface area contributed by atoms with Crippen LogP contribution >= 0.6 is 12.2 Å². The van der Waals surface area contributed by atoms with Crippen LogP contribution in [0.3, 0.4) is 0 Å². The molecule has 1 aliphatic rings. The Bertz CT molecular complexity index is 461. The van der Waals surface area contributed by atoms with Crippen LogP contribution in [0.15, 0.2) is 12.1 Å². The summed E-state index contributed by atoms with van der Waals surface area (Å²) in [5, 5.41) is 0. The summed E-state index contributed by atoms with van der Waals surface area (Å²) in [6.45, 7) is 0. The van der Waals surface area contributed by atoms with Crippen molar-refractivity contribution < 1.29 is 8.78 Å². The molecule has 0 aliphatic heterocycles. The van der Waals surface area contributed by atoms with Crippen molar-refractivity contribution in [3.63, 3.8) is 0 Å². The van der Waals surface area contributed by atoms with Gasteiger partial charge >= 0.3 is 0 Å².